The molecule has 1 saturated heterocycles. The second-order valence-electron chi connectivity index (χ2n) is 8.03. The van der Waals surface area contributed by atoms with Gasteiger partial charge in [-0.1, -0.05) is 35.9 Å². The van der Waals surface area contributed by atoms with E-state index in [-0.39, 0.29) is 22.6 Å². The van der Waals surface area contributed by atoms with E-state index in [2.05, 4.69) is 0 Å². The van der Waals surface area contributed by atoms with Crippen LogP contribution in [0.1, 0.15) is 22.7 Å². The Morgan fingerprint density at radius 3 is 2.25 bits per heavy atom. The summed E-state index contributed by atoms with van der Waals surface area (Å²) in [5, 5.41) is 20.5. The van der Waals surface area contributed by atoms with Gasteiger partial charge in [0.25, 0.3) is 11.7 Å². The topological polar surface area (TPSA) is 113 Å². The van der Waals surface area contributed by atoms with Crippen LogP contribution in [-0.4, -0.2) is 42.1 Å². The molecule has 184 valence electrons. The van der Waals surface area contributed by atoms with Crippen LogP contribution in [0, 0.1) is 0 Å². The second-order valence-corrected chi connectivity index (χ2v) is 8.44. The number of aliphatic carboxylic acids is 1. The van der Waals surface area contributed by atoms with Gasteiger partial charge in [0, 0.05) is 11.3 Å². The van der Waals surface area contributed by atoms with E-state index in [4.69, 9.17) is 26.2 Å². The van der Waals surface area contributed by atoms with Gasteiger partial charge in [0.1, 0.15) is 17.3 Å². The van der Waals surface area contributed by atoms with Gasteiger partial charge in [-0.25, -0.2) is 0 Å². The standard InChI is InChI=1S/C27H22ClNO7/c1-35-18-5-3-4-16(13-18)24-23(25(32)20-14-19(36-2)10-11-21(20)28)26(33)27(34)29(24)17-8-6-15(7-9-17)12-22(30)31/h3-11,13-14,24,32H,12H2,1-2H3,(H,30,31)/b25-23+. The molecule has 36 heavy (non-hydrogen) atoms. The van der Waals surface area contributed by atoms with Gasteiger partial charge >= 0.3 is 5.97 Å². The Kier molecular flexibility index (Phi) is 6.98. The van der Waals surface area contributed by atoms with Crippen LogP contribution in [0.2, 0.25) is 5.02 Å². The van der Waals surface area contributed by atoms with Crippen molar-refractivity contribution in [1.82, 2.24) is 0 Å². The zero-order valence-electron chi connectivity index (χ0n) is 19.4. The van der Waals surface area contributed by atoms with Crippen LogP contribution < -0.4 is 14.4 Å². The number of carboxylic acid groups (broad SMARTS) is 1. The first-order chi connectivity index (χ1) is 17.2. The fourth-order valence-electron chi connectivity index (χ4n) is 4.13. The molecule has 4 rings (SSSR count). The predicted molar refractivity (Wildman–Crippen MR) is 134 cm³/mol. The first kappa shape index (κ1) is 24.8. The number of aliphatic hydroxyl groups is 1. The molecule has 0 bridgehead atoms. The first-order valence-electron chi connectivity index (χ1n) is 10.8. The number of hydrogen-bond donors (Lipinski definition) is 2. The molecule has 1 unspecified atom stereocenters. The number of rotatable bonds is 7. The summed E-state index contributed by atoms with van der Waals surface area (Å²) in [6.45, 7) is 0. The lowest BCUT2D eigenvalue weighted by Crippen LogP contribution is -2.29. The summed E-state index contributed by atoms with van der Waals surface area (Å²) in [6, 6.07) is 16.7. The zero-order chi connectivity index (χ0) is 26.0. The van der Waals surface area contributed by atoms with Gasteiger partial charge in [0.2, 0.25) is 0 Å². The number of Topliss-reactive ketones (excluding diaryl/α,β-unsaturated/α-hetero) is 1. The predicted octanol–water partition coefficient (Wildman–Crippen LogP) is 4.61. The lowest BCUT2D eigenvalue weighted by Gasteiger charge is -2.26. The van der Waals surface area contributed by atoms with Crippen molar-refractivity contribution in [3.8, 4) is 11.5 Å². The molecular formula is C27H22ClNO7. The minimum Gasteiger partial charge on any atom is -0.507 e. The fraction of sp³-hybridized carbons (Fsp3) is 0.148. The van der Waals surface area contributed by atoms with Crippen LogP contribution in [0.3, 0.4) is 0 Å². The fourth-order valence-corrected chi connectivity index (χ4v) is 4.34. The van der Waals surface area contributed by atoms with E-state index in [0.717, 1.165) is 0 Å². The molecule has 1 aliphatic heterocycles. The lowest BCUT2D eigenvalue weighted by atomic mass is 9.94. The van der Waals surface area contributed by atoms with E-state index in [0.29, 0.717) is 28.3 Å². The van der Waals surface area contributed by atoms with Gasteiger partial charge in [0.15, 0.2) is 0 Å². The Morgan fingerprint density at radius 2 is 1.61 bits per heavy atom. The van der Waals surface area contributed by atoms with Crippen molar-refractivity contribution in [2.75, 3.05) is 19.1 Å². The molecule has 8 nitrogen and oxygen atoms in total. The van der Waals surface area contributed by atoms with E-state index in [9.17, 15) is 19.5 Å². The number of aliphatic hydroxyl groups excluding tert-OH is 1. The van der Waals surface area contributed by atoms with Crippen LogP contribution >= 0.6 is 11.6 Å². The van der Waals surface area contributed by atoms with E-state index < -0.39 is 29.5 Å². The van der Waals surface area contributed by atoms with E-state index >= 15 is 0 Å². The maximum Gasteiger partial charge on any atom is 0.307 e. The van der Waals surface area contributed by atoms with Crippen molar-refractivity contribution in [2.45, 2.75) is 12.5 Å². The summed E-state index contributed by atoms with van der Waals surface area (Å²) in [5.41, 5.74) is 1.39. The number of ketones is 1. The minimum atomic E-state index is -1.01. The van der Waals surface area contributed by atoms with Gasteiger partial charge in [-0.05, 0) is 53.6 Å². The highest BCUT2D eigenvalue weighted by atomic mass is 35.5. The molecule has 0 aliphatic carbocycles. The molecule has 1 heterocycles. The summed E-state index contributed by atoms with van der Waals surface area (Å²) in [6.07, 6.45) is -0.188. The largest absolute Gasteiger partial charge is 0.507 e. The molecule has 1 fully saturated rings. The molecule has 1 amide bonds. The molecule has 3 aromatic carbocycles. The third kappa shape index (κ3) is 4.63. The Morgan fingerprint density at radius 1 is 0.944 bits per heavy atom. The molecule has 3 aromatic rings. The number of carboxylic acids is 1. The smallest absolute Gasteiger partial charge is 0.307 e. The molecular weight excluding hydrogens is 486 g/mol. The molecule has 9 heteroatoms. The number of halogens is 1. The van der Waals surface area contributed by atoms with Crippen molar-refractivity contribution in [3.05, 3.63) is 94.0 Å². The number of anilines is 1. The van der Waals surface area contributed by atoms with Gasteiger partial charge in [-0.15, -0.1) is 0 Å². The summed E-state index contributed by atoms with van der Waals surface area (Å²) >= 11 is 6.34. The highest BCUT2D eigenvalue weighted by Gasteiger charge is 2.47. The summed E-state index contributed by atoms with van der Waals surface area (Å²) < 4.78 is 10.6. The lowest BCUT2D eigenvalue weighted by molar-refractivity contribution is -0.136. The quantitative estimate of drug-likeness (QED) is 0.273. The van der Waals surface area contributed by atoms with Crippen LogP contribution in [0.4, 0.5) is 5.69 Å². The Labute approximate surface area is 211 Å². The van der Waals surface area contributed by atoms with E-state index in [1.54, 1.807) is 54.6 Å². The van der Waals surface area contributed by atoms with Gasteiger partial charge in [0.05, 0.1) is 37.3 Å². The maximum atomic E-state index is 13.3. The van der Waals surface area contributed by atoms with E-state index in [1.807, 2.05) is 0 Å². The van der Waals surface area contributed by atoms with E-state index in [1.165, 1.54) is 31.3 Å². The summed E-state index contributed by atoms with van der Waals surface area (Å²) in [4.78, 5) is 39.0. The van der Waals surface area contributed by atoms with Gasteiger partial charge in [-0.2, -0.15) is 0 Å². The number of hydrogen-bond acceptors (Lipinski definition) is 6. The number of carbonyl (C=O) groups excluding carboxylic acids is 2. The molecule has 1 atom stereocenters. The number of methoxy groups -OCH3 is 2. The molecule has 0 aromatic heterocycles. The van der Waals surface area contributed by atoms with Crippen molar-refractivity contribution >= 4 is 40.7 Å². The third-order valence-electron chi connectivity index (χ3n) is 5.85. The molecule has 1 aliphatic rings. The maximum absolute atomic E-state index is 13.3. The number of amides is 1. The number of ether oxygens (including phenoxy) is 2. The van der Waals surface area contributed by atoms with Crippen molar-refractivity contribution in [3.63, 3.8) is 0 Å². The minimum absolute atomic E-state index is 0.138. The number of benzene rings is 3. The molecule has 0 saturated carbocycles. The summed E-state index contributed by atoms with van der Waals surface area (Å²) in [5.74, 6) is -2.29. The Hall–Kier alpha value is -4.30. The van der Waals surface area contributed by atoms with Gasteiger partial charge in [-0.3, -0.25) is 19.3 Å². The van der Waals surface area contributed by atoms with Crippen LogP contribution in [-0.2, 0) is 20.8 Å². The summed E-state index contributed by atoms with van der Waals surface area (Å²) in [7, 11) is 2.95. The molecule has 2 N–H and O–H groups in total. The average Bonchev–Trinajstić information content (AvgIpc) is 3.14. The highest BCUT2D eigenvalue weighted by Crippen LogP contribution is 2.44. The van der Waals surface area contributed by atoms with Crippen LogP contribution in [0.15, 0.2) is 72.3 Å². The van der Waals surface area contributed by atoms with Crippen molar-refractivity contribution in [2.24, 2.45) is 0 Å². The first-order valence-corrected chi connectivity index (χ1v) is 11.2. The van der Waals surface area contributed by atoms with Crippen molar-refractivity contribution < 1.29 is 34.1 Å². The second kappa shape index (κ2) is 10.1. The number of carbonyl (C=O) groups is 3. The normalized spacial score (nSPS) is 16.8. The SMILES string of the molecule is COc1cccc(C2/C(=C(\O)c3cc(OC)ccc3Cl)C(=O)C(=O)N2c2ccc(CC(=O)O)cc2)c1. The monoisotopic (exact) mass is 507 g/mol. The third-order valence-corrected chi connectivity index (χ3v) is 6.18. The number of nitrogens with zero attached hydrogens (tertiary/aromatic N) is 1. The van der Waals surface area contributed by atoms with Crippen LogP contribution in [0.5, 0.6) is 11.5 Å². The highest BCUT2D eigenvalue weighted by molar-refractivity contribution is 6.52. The Balaban J connectivity index is 1.92. The Bertz CT molecular complexity index is 1380. The molecule has 0 radical (unpaired) electrons. The van der Waals surface area contributed by atoms with Crippen molar-refractivity contribution in [1.29, 1.82) is 0 Å². The average molecular weight is 508 g/mol. The zero-order valence-corrected chi connectivity index (χ0v) is 20.2. The van der Waals surface area contributed by atoms with Crippen LogP contribution in [0.25, 0.3) is 5.76 Å². The molecule has 0 spiro atoms. The van der Waals surface area contributed by atoms with Gasteiger partial charge < -0.3 is 19.7 Å².